The van der Waals surface area contributed by atoms with Crippen LogP contribution in [-0.4, -0.2) is 96.0 Å². The molecule has 1 atom stereocenters. The van der Waals surface area contributed by atoms with E-state index < -0.39 is 64.6 Å². The van der Waals surface area contributed by atoms with Gasteiger partial charge in [-0.25, -0.2) is 4.39 Å². The average Bonchev–Trinajstić information content (AvgIpc) is 3.27. The van der Waals surface area contributed by atoms with Crippen molar-refractivity contribution in [3.63, 3.8) is 0 Å². The molecule has 0 saturated carbocycles. The molecule has 3 aliphatic heterocycles. The first-order chi connectivity index (χ1) is 19.0. The van der Waals surface area contributed by atoms with Gasteiger partial charge in [-0.1, -0.05) is 0 Å². The maximum Gasteiger partial charge on any atom is 0.259 e. The van der Waals surface area contributed by atoms with Gasteiger partial charge in [-0.15, -0.1) is 0 Å². The van der Waals surface area contributed by atoms with Crippen LogP contribution in [0.15, 0.2) is 0 Å². The molecule has 1 unspecified atom stereocenters. The van der Waals surface area contributed by atoms with E-state index in [1.54, 1.807) is 0 Å². The van der Waals surface area contributed by atoms with Crippen molar-refractivity contribution in [2.75, 3.05) is 31.6 Å². The van der Waals surface area contributed by atoms with Crippen LogP contribution in [-0.2, 0) is 34.0 Å². The third kappa shape index (κ3) is 4.58. The molecule has 6 N–H and O–H groups in total. The lowest BCUT2D eigenvalue weighted by Gasteiger charge is -2.29. The third-order valence-electron chi connectivity index (χ3n) is 7.52. The predicted molar refractivity (Wildman–Crippen MR) is 140 cm³/mol. The van der Waals surface area contributed by atoms with Crippen molar-refractivity contribution in [3.05, 3.63) is 28.1 Å². The van der Waals surface area contributed by atoms with Gasteiger partial charge in [-0.05, 0) is 17.3 Å². The Balaban J connectivity index is 1.47. The van der Waals surface area contributed by atoms with Crippen LogP contribution in [0.2, 0.25) is 0 Å². The van der Waals surface area contributed by atoms with Crippen molar-refractivity contribution in [3.8, 4) is 23.0 Å². The van der Waals surface area contributed by atoms with E-state index in [9.17, 15) is 34.8 Å². The van der Waals surface area contributed by atoms with Crippen molar-refractivity contribution in [1.82, 2.24) is 15.1 Å². The molecule has 2 saturated heterocycles. The Hall–Kier alpha value is -3.97. The van der Waals surface area contributed by atoms with Crippen molar-refractivity contribution in [2.45, 2.75) is 38.5 Å². The topological polar surface area (TPSA) is 172 Å². The van der Waals surface area contributed by atoms with E-state index in [0.717, 1.165) is 4.90 Å². The van der Waals surface area contributed by atoms with Gasteiger partial charge in [0.1, 0.15) is 39.1 Å². The smallest absolute Gasteiger partial charge is 0.259 e. The first-order valence-corrected chi connectivity index (χ1v) is 12.6. The summed E-state index contributed by atoms with van der Waals surface area (Å²) >= 11 is 0. The number of benzene rings is 2. The van der Waals surface area contributed by atoms with Crippen molar-refractivity contribution in [2.24, 2.45) is 0 Å². The molecule has 2 aromatic rings. The summed E-state index contributed by atoms with van der Waals surface area (Å²) in [7, 11) is 11.9. The van der Waals surface area contributed by atoms with Crippen LogP contribution < -0.4 is 21.6 Å². The highest BCUT2D eigenvalue weighted by atomic mass is 19.1. The van der Waals surface area contributed by atoms with E-state index in [1.165, 1.54) is 0 Å². The first kappa shape index (κ1) is 27.6. The largest absolute Gasteiger partial charge is 0.508 e. The zero-order chi connectivity index (χ0) is 28.9. The fraction of sp³-hybridized carbons (Fsp3) is 0.400. The van der Waals surface area contributed by atoms with Crippen molar-refractivity contribution < 1.29 is 43.9 Å². The second-order valence-electron chi connectivity index (χ2n) is 9.86. The molecule has 2 aromatic carbocycles. The van der Waals surface area contributed by atoms with Crippen molar-refractivity contribution in [1.29, 1.82) is 0 Å². The van der Waals surface area contributed by atoms with E-state index in [4.69, 9.17) is 20.4 Å². The van der Waals surface area contributed by atoms with Gasteiger partial charge in [0.05, 0.1) is 18.8 Å². The number of hydrogen-bond acceptors (Lipinski definition) is 10. The number of piperidine rings is 1. The molecular formula is C25H25B2FN4O8. The molecule has 5 rings (SSSR count). The number of aromatic hydroxyl groups is 4. The van der Waals surface area contributed by atoms with E-state index >= 15 is 4.39 Å². The van der Waals surface area contributed by atoms with Gasteiger partial charge in [-0.3, -0.25) is 24.6 Å². The highest BCUT2D eigenvalue weighted by Crippen LogP contribution is 2.41. The molecule has 12 nitrogen and oxygen atoms in total. The number of morpholine rings is 1. The summed E-state index contributed by atoms with van der Waals surface area (Å²) in [5, 5.41) is 47.0. The van der Waals surface area contributed by atoms with E-state index in [1.807, 2.05) is 4.90 Å². The van der Waals surface area contributed by atoms with Gasteiger partial charge in [-0.2, -0.15) is 0 Å². The molecule has 0 spiro atoms. The second kappa shape index (κ2) is 10.5. The Morgan fingerprint density at radius 3 is 2.33 bits per heavy atom. The number of phenolic OH excluding ortho intramolecular Hbond substituents is 4. The first-order valence-electron chi connectivity index (χ1n) is 12.6. The number of amides is 3. The van der Waals surface area contributed by atoms with E-state index in [-0.39, 0.29) is 59.3 Å². The molecular weight excluding hydrogens is 525 g/mol. The molecule has 206 valence electrons. The molecule has 0 bridgehead atoms. The molecule has 3 heterocycles. The number of carbonyl (C=O) groups excluding carboxylic acids is 3. The zero-order valence-electron chi connectivity index (χ0n) is 21.3. The summed E-state index contributed by atoms with van der Waals surface area (Å²) in [4.78, 5) is 40.2. The minimum Gasteiger partial charge on any atom is -0.508 e. The fourth-order valence-electron chi connectivity index (χ4n) is 5.29. The summed E-state index contributed by atoms with van der Waals surface area (Å²) < 4.78 is 21.0. The number of fused-ring (bicyclic) bond motifs is 1. The summed E-state index contributed by atoms with van der Waals surface area (Å²) in [5.41, 5.74) is -1.41. The highest BCUT2D eigenvalue weighted by molar-refractivity contribution is 6.39. The number of imide groups is 1. The summed E-state index contributed by atoms with van der Waals surface area (Å²) in [6, 6.07) is -1.01. The van der Waals surface area contributed by atoms with Crippen LogP contribution >= 0.6 is 0 Å². The molecule has 0 aromatic heterocycles. The Morgan fingerprint density at radius 2 is 1.65 bits per heavy atom. The average molecular weight is 550 g/mol. The normalized spacial score (nSPS) is 19.6. The molecule has 15 heteroatoms. The van der Waals surface area contributed by atoms with E-state index in [2.05, 4.69) is 10.6 Å². The third-order valence-corrected chi connectivity index (χ3v) is 7.52. The van der Waals surface area contributed by atoms with Crippen LogP contribution in [0.3, 0.4) is 0 Å². The number of halogens is 1. The minimum absolute atomic E-state index is 0.00542. The van der Waals surface area contributed by atoms with Crippen LogP contribution in [0, 0.1) is 5.82 Å². The zero-order valence-corrected chi connectivity index (χ0v) is 21.3. The number of ether oxygens (including phenoxy) is 1. The number of hydrogen-bond donors (Lipinski definition) is 6. The van der Waals surface area contributed by atoms with Gasteiger partial charge in [0.2, 0.25) is 11.8 Å². The second-order valence-corrected chi connectivity index (χ2v) is 9.86. The standard InChI is InChI=1S/C25H25B2FN4O8/c26-16-19(11-9-32(13-1-2-14(33)30-24(13)38)25(39)15(11)22(36)23(16)37)29-7-10-18(28)12(21(35)17(27)20(10)34)8-31-3-5-40-6-4-31/h13,29,34-37H,1-9H2,(H,30,33,38). The van der Waals surface area contributed by atoms with Crippen LogP contribution in [0.1, 0.15) is 39.9 Å². The monoisotopic (exact) mass is 550 g/mol. The Labute approximate surface area is 230 Å². The van der Waals surface area contributed by atoms with Gasteiger partial charge < -0.3 is 35.4 Å². The molecule has 0 aliphatic carbocycles. The number of nitrogens with zero attached hydrogens (tertiary/aromatic N) is 2. The highest BCUT2D eigenvalue weighted by Gasteiger charge is 2.42. The van der Waals surface area contributed by atoms with Gasteiger partial charge in [0, 0.05) is 61.5 Å². The molecule has 2 fully saturated rings. The number of rotatable bonds is 6. The fourth-order valence-corrected chi connectivity index (χ4v) is 5.29. The van der Waals surface area contributed by atoms with Gasteiger partial charge >= 0.3 is 0 Å². The number of carbonyl (C=O) groups is 3. The Morgan fingerprint density at radius 1 is 0.975 bits per heavy atom. The SMILES string of the molecule is [B]c1c(O)c(CNc2c([B])c(O)c(O)c3c2CN(C2CCC(=O)NC2=O)C3=O)c(F)c(CN2CCOCC2)c1O. The number of phenols is 4. The lowest BCUT2D eigenvalue weighted by Crippen LogP contribution is -2.52. The van der Waals surface area contributed by atoms with Gasteiger partial charge in [0.25, 0.3) is 5.91 Å². The van der Waals surface area contributed by atoms with Crippen LogP contribution in [0.25, 0.3) is 0 Å². The molecule has 3 aliphatic rings. The summed E-state index contributed by atoms with van der Waals surface area (Å²) in [6.07, 6.45) is 0.0712. The maximum absolute atomic E-state index is 15.7. The number of nitrogens with one attached hydrogen (secondary N) is 2. The Kier molecular flexibility index (Phi) is 7.27. The quantitative estimate of drug-likeness (QED) is 0.107. The molecule has 40 heavy (non-hydrogen) atoms. The Bertz CT molecular complexity index is 1430. The van der Waals surface area contributed by atoms with Crippen LogP contribution in [0.4, 0.5) is 10.1 Å². The summed E-state index contributed by atoms with van der Waals surface area (Å²) in [6.45, 7) is 1.23. The summed E-state index contributed by atoms with van der Waals surface area (Å²) in [5.74, 6) is -5.70. The predicted octanol–water partition coefficient (Wildman–Crippen LogP) is -1.56. The van der Waals surface area contributed by atoms with Crippen molar-refractivity contribution >= 4 is 50.0 Å². The van der Waals surface area contributed by atoms with Crippen LogP contribution in [0.5, 0.6) is 23.0 Å². The minimum atomic E-state index is -1.01. The molecule has 4 radical (unpaired) electrons. The van der Waals surface area contributed by atoms with Gasteiger partial charge in [0.15, 0.2) is 11.5 Å². The number of anilines is 1. The van der Waals surface area contributed by atoms with E-state index in [0.29, 0.717) is 26.3 Å². The lowest BCUT2D eigenvalue weighted by molar-refractivity contribution is -0.136. The molecule has 3 amide bonds. The maximum atomic E-state index is 15.7. The lowest BCUT2D eigenvalue weighted by atomic mass is 9.86.